The van der Waals surface area contributed by atoms with Gasteiger partial charge in [0.1, 0.15) is 6.10 Å². The van der Waals surface area contributed by atoms with Crippen LogP contribution in [0.15, 0.2) is 16.9 Å². The molecular formula is C20H26BrN3O2. The lowest BCUT2D eigenvalue weighted by molar-refractivity contribution is -0.160. The van der Waals surface area contributed by atoms with Gasteiger partial charge < -0.3 is 9.64 Å². The van der Waals surface area contributed by atoms with Crippen molar-refractivity contribution in [1.82, 2.24) is 14.9 Å². The van der Waals surface area contributed by atoms with Crippen LogP contribution in [0.2, 0.25) is 0 Å². The van der Waals surface area contributed by atoms with Crippen LogP contribution in [-0.2, 0) is 4.79 Å². The minimum Gasteiger partial charge on any atom is -0.458 e. The third kappa shape index (κ3) is 3.04. The first-order chi connectivity index (χ1) is 12.6. The molecule has 1 atom stereocenters. The molecule has 0 unspecified atom stereocenters. The third-order valence-electron chi connectivity index (χ3n) is 7.03. The number of rotatable bonds is 3. The van der Waals surface area contributed by atoms with Gasteiger partial charge in [-0.3, -0.25) is 4.79 Å². The molecule has 0 spiro atoms. The summed E-state index contributed by atoms with van der Waals surface area (Å²) in [4.78, 5) is 24.1. The zero-order valence-electron chi connectivity index (χ0n) is 15.1. The van der Waals surface area contributed by atoms with Crippen molar-refractivity contribution < 1.29 is 9.53 Å². The number of carbonyl (C=O) groups is 1. The summed E-state index contributed by atoms with van der Waals surface area (Å²) < 4.78 is 6.81. The molecule has 6 heteroatoms. The predicted molar refractivity (Wildman–Crippen MR) is 101 cm³/mol. The second-order valence-corrected chi connectivity index (χ2v) is 9.93. The molecule has 140 valence electrons. The van der Waals surface area contributed by atoms with Crippen LogP contribution < -0.4 is 4.74 Å². The largest absolute Gasteiger partial charge is 0.458 e. The second-order valence-electron chi connectivity index (χ2n) is 9.01. The SMILES string of the molecule is O=C(N1CCC[C@@H](Oc2ncc(Br)cn2)C1)C12CC3CC(CC(C3)C1)C2. The number of nitrogens with zero attached hydrogens (tertiary/aromatic N) is 3. The van der Waals surface area contributed by atoms with E-state index < -0.39 is 0 Å². The molecule has 4 aliphatic carbocycles. The number of likely N-dealkylation sites (tertiary alicyclic amines) is 1. The van der Waals surface area contributed by atoms with Crippen LogP contribution in [0.1, 0.15) is 51.4 Å². The Hall–Kier alpha value is -1.17. The van der Waals surface area contributed by atoms with E-state index in [9.17, 15) is 4.79 Å². The summed E-state index contributed by atoms with van der Waals surface area (Å²) in [7, 11) is 0. The van der Waals surface area contributed by atoms with Crippen molar-refractivity contribution in [2.75, 3.05) is 13.1 Å². The number of piperidine rings is 1. The average molecular weight is 420 g/mol. The Morgan fingerprint density at radius 2 is 1.73 bits per heavy atom. The van der Waals surface area contributed by atoms with Crippen LogP contribution in [0.25, 0.3) is 0 Å². The van der Waals surface area contributed by atoms with Crippen molar-refractivity contribution in [2.45, 2.75) is 57.5 Å². The molecule has 0 aromatic carbocycles. The summed E-state index contributed by atoms with van der Waals surface area (Å²) in [6.45, 7) is 1.56. The minimum absolute atomic E-state index is 0.00258. The van der Waals surface area contributed by atoms with Crippen LogP contribution >= 0.6 is 15.9 Å². The molecule has 2 heterocycles. The molecule has 4 saturated carbocycles. The van der Waals surface area contributed by atoms with Gasteiger partial charge in [0.2, 0.25) is 5.91 Å². The highest BCUT2D eigenvalue weighted by Gasteiger charge is 2.55. The summed E-state index contributed by atoms with van der Waals surface area (Å²) in [5, 5.41) is 0. The second kappa shape index (κ2) is 6.47. The normalized spacial score (nSPS) is 38.4. The van der Waals surface area contributed by atoms with Crippen molar-refractivity contribution in [3.63, 3.8) is 0 Å². The van der Waals surface area contributed by atoms with E-state index in [4.69, 9.17) is 4.74 Å². The van der Waals surface area contributed by atoms with Crippen LogP contribution in [0.5, 0.6) is 6.01 Å². The van der Waals surface area contributed by atoms with Crippen molar-refractivity contribution in [3.8, 4) is 6.01 Å². The first-order valence-electron chi connectivity index (χ1n) is 10.0. The fourth-order valence-corrected chi connectivity index (χ4v) is 6.64. The van der Waals surface area contributed by atoms with Crippen molar-refractivity contribution in [2.24, 2.45) is 23.2 Å². The molecule has 26 heavy (non-hydrogen) atoms. The number of hydrogen-bond acceptors (Lipinski definition) is 4. The standard InChI is InChI=1S/C20H26BrN3O2/c21-16-10-22-19(23-11-16)26-17-2-1-3-24(12-17)18(25)20-7-13-4-14(8-20)6-15(5-13)9-20/h10-11,13-15,17H,1-9,12H2/t13?,14?,15?,17-,20?/m1/s1. The molecule has 4 bridgehead atoms. The summed E-state index contributed by atoms with van der Waals surface area (Å²) >= 11 is 3.34. The summed E-state index contributed by atoms with van der Waals surface area (Å²) in [5.41, 5.74) is -0.0508. The highest BCUT2D eigenvalue weighted by molar-refractivity contribution is 9.10. The monoisotopic (exact) mass is 419 g/mol. The molecule has 5 fully saturated rings. The predicted octanol–water partition coefficient (Wildman–Crippen LogP) is 3.83. The smallest absolute Gasteiger partial charge is 0.316 e. The molecule has 0 N–H and O–H groups in total. The molecule has 1 aliphatic heterocycles. The summed E-state index contributed by atoms with van der Waals surface area (Å²) in [5.74, 6) is 2.83. The molecule has 1 saturated heterocycles. The lowest BCUT2D eigenvalue weighted by Crippen LogP contribution is -2.57. The molecule has 5 aliphatic rings. The molecule has 1 aromatic rings. The Bertz CT molecular complexity index is 658. The maximum Gasteiger partial charge on any atom is 0.316 e. The highest BCUT2D eigenvalue weighted by Crippen LogP contribution is 2.60. The average Bonchev–Trinajstić information content (AvgIpc) is 2.62. The Morgan fingerprint density at radius 3 is 2.35 bits per heavy atom. The van der Waals surface area contributed by atoms with Gasteiger partial charge in [0, 0.05) is 18.9 Å². The van der Waals surface area contributed by atoms with Crippen molar-refractivity contribution >= 4 is 21.8 Å². The third-order valence-corrected chi connectivity index (χ3v) is 7.44. The zero-order chi connectivity index (χ0) is 17.7. The fraction of sp³-hybridized carbons (Fsp3) is 0.750. The maximum atomic E-state index is 13.5. The van der Waals surface area contributed by atoms with Gasteiger partial charge in [-0.2, -0.15) is 0 Å². The zero-order valence-corrected chi connectivity index (χ0v) is 16.7. The molecule has 5 nitrogen and oxygen atoms in total. The maximum absolute atomic E-state index is 13.5. The Morgan fingerprint density at radius 1 is 1.12 bits per heavy atom. The van der Waals surface area contributed by atoms with Gasteiger partial charge in [-0.1, -0.05) is 0 Å². The quantitative estimate of drug-likeness (QED) is 0.746. The van der Waals surface area contributed by atoms with Gasteiger partial charge in [-0.05, 0) is 85.1 Å². The lowest BCUT2D eigenvalue weighted by Gasteiger charge is -2.57. The van der Waals surface area contributed by atoms with Crippen molar-refractivity contribution in [1.29, 1.82) is 0 Å². The van der Waals surface area contributed by atoms with Gasteiger partial charge in [-0.25, -0.2) is 9.97 Å². The number of ether oxygens (including phenoxy) is 1. The van der Waals surface area contributed by atoms with E-state index in [0.717, 1.165) is 60.9 Å². The van der Waals surface area contributed by atoms with Gasteiger partial charge in [0.25, 0.3) is 0 Å². The van der Waals surface area contributed by atoms with Gasteiger partial charge in [-0.15, -0.1) is 0 Å². The van der Waals surface area contributed by atoms with E-state index in [0.29, 0.717) is 18.5 Å². The minimum atomic E-state index is -0.0508. The Labute approximate surface area is 163 Å². The van der Waals surface area contributed by atoms with Crippen LogP contribution in [-0.4, -0.2) is 40.0 Å². The van der Waals surface area contributed by atoms with E-state index in [2.05, 4.69) is 30.8 Å². The van der Waals surface area contributed by atoms with E-state index in [-0.39, 0.29) is 11.5 Å². The van der Waals surface area contributed by atoms with Crippen LogP contribution in [0, 0.1) is 23.2 Å². The number of amides is 1. The Kier molecular flexibility index (Phi) is 4.22. The number of carbonyl (C=O) groups excluding carboxylic acids is 1. The van der Waals surface area contributed by atoms with Gasteiger partial charge in [0.15, 0.2) is 0 Å². The van der Waals surface area contributed by atoms with Crippen LogP contribution in [0.4, 0.5) is 0 Å². The molecule has 6 rings (SSSR count). The summed E-state index contributed by atoms with van der Waals surface area (Å²) in [6.07, 6.45) is 12.9. The first kappa shape index (κ1) is 17.0. The van der Waals surface area contributed by atoms with Crippen molar-refractivity contribution in [3.05, 3.63) is 16.9 Å². The van der Waals surface area contributed by atoms with E-state index >= 15 is 0 Å². The van der Waals surface area contributed by atoms with Gasteiger partial charge in [0.05, 0.1) is 16.4 Å². The molecule has 1 aromatic heterocycles. The summed E-state index contributed by atoms with van der Waals surface area (Å²) in [6, 6.07) is 0.405. The van der Waals surface area contributed by atoms with Gasteiger partial charge >= 0.3 is 6.01 Å². The number of hydrogen-bond donors (Lipinski definition) is 0. The molecule has 0 radical (unpaired) electrons. The first-order valence-corrected chi connectivity index (χ1v) is 10.8. The lowest BCUT2D eigenvalue weighted by atomic mass is 9.49. The van der Waals surface area contributed by atoms with E-state index in [1.54, 1.807) is 12.4 Å². The highest BCUT2D eigenvalue weighted by atomic mass is 79.9. The fourth-order valence-electron chi connectivity index (χ4n) is 6.44. The number of halogens is 1. The van der Waals surface area contributed by atoms with E-state index in [1.165, 1.54) is 19.3 Å². The number of aromatic nitrogens is 2. The topological polar surface area (TPSA) is 55.3 Å². The Balaban J connectivity index is 1.28. The van der Waals surface area contributed by atoms with Crippen LogP contribution in [0.3, 0.4) is 0 Å². The van der Waals surface area contributed by atoms with E-state index in [1.807, 2.05) is 0 Å². The molecular weight excluding hydrogens is 394 g/mol. The molecule has 1 amide bonds.